The van der Waals surface area contributed by atoms with E-state index >= 15 is 0 Å². The highest BCUT2D eigenvalue weighted by Crippen LogP contribution is 2.40. The van der Waals surface area contributed by atoms with E-state index in [0.29, 0.717) is 5.92 Å². The SMILES string of the molecule is COc1cc2c(cc1OC)-c1c(C(C)C)ncn1CC2. The van der Waals surface area contributed by atoms with Gasteiger partial charge in [0.15, 0.2) is 11.5 Å². The number of benzene rings is 1. The highest BCUT2D eigenvalue weighted by atomic mass is 16.5. The van der Waals surface area contributed by atoms with Crippen LogP contribution < -0.4 is 9.47 Å². The van der Waals surface area contributed by atoms with Gasteiger partial charge in [-0.2, -0.15) is 0 Å². The normalized spacial score (nSPS) is 13.1. The van der Waals surface area contributed by atoms with Crippen molar-refractivity contribution >= 4 is 0 Å². The standard InChI is InChI=1S/C16H20N2O2/c1-10(2)15-16-12-8-14(20-4)13(19-3)7-11(12)5-6-18(16)9-17-15/h7-10H,5-6H2,1-4H3. The minimum Gasteiger partial charge on any atom is -0.493 e. The molecule has 106 valence electrons. The molecule has 0 unspecified atom stereocenters. The first-order valence-electron chi connectivity index (χ1n) is 6.96. The van der Waals surface area contributed by atoms with Gasteiger partial charge in [0.2, 0.25) is 0 Å². The van der Waals surface area contributed by atoms with Crippen LogP contribution in [0.15, 0.2) is 18.5 Å². The van der Waals surface area contributed by atoms with Gasteiger partial charge < -0.3 is 14.0 Å². The molecule has 2 heterocycles. The fourth-order valence-corrected chi connectivity index (χ4v) is 2.87. The number of fused-ring (bicyclic) bond motifs is 3. The highest BCUT2D eigenvalue weighted by Gasteiger charge is 2.24. The number of imidazole rings is 1. The van der Waals surface area contributed by atoms with Gasteiger partial charge in [0, 0.05) is 12.1 Å². The van der Waals surface area contributed by atoms with Crippen molar-refractivity contribution in [2.24, 2.45) is 0 Å². The zero-order chi connectivity index (χ0) is 14.3. The molecular weight excluding hydrogens is 252 g/mol. The second-order valence-corrected chi connectivity index (χ2v) is 5.44. The number of hydrogen-bond donors (Lipinski definition) is 0. The summed E-state index contributed by atoms with van der Waals surface area (Å²) in [6, 6.07) is 4.17. The van der Waals surface area contributed by atoms with E-state index in [4.69, 9.17) is 9.47 Å². The Hall–Kier alpha value is -1.97. The van der Waals surface area contributed by atoms with E-state index in [2.05, 4.69) is 35.5 Å². The van der Waals surface area contributed by atoms with E-state index in [1.165, 1.54) is 16.8 Å². The lowest BCUT2D eigenvalue weighted by atomic mass is 9.94. The molecule has 0 saturated heterocycles. The average Bonchev–Trinajstić information content (AvgIpc) is 2.90. The zero-order valence-corrected chi connectivity index (χ0v) is 12.4. The maximum Gasteiger partial charge on any atom is 0.161 e. The number of nitrogens with zero attached hydrogens (tertiary/aromatic N) is 2. The predicted molar refractivity (Wildman–Crippen MR) is 78.6 cm³/mol. The van der Waals surface area contributed by atoms with E-state index in [9.17, 15) is 0 Å². The van der Waals surface area contributed by atoms with Crippen molar-refractivity contribution in [2.75, 3.05) is 14.2 Å². The molecule has 0 aliphatic carbocycles. The van der Waals surface area contributed by atoms with E-state index in [1.807, 2.05) is 6.33 Å². The van der Waals surface area contributed by atoms with Crippen LogP contribution in [-0.2, 0) is 13.0 Å². The largest absolute Gasteiger partial charge is 0.493 e. The number of aryl methyl sites for hydroxylation is 2. The van der Waals surface area contributed by atoms with Gasteiger partial charge in [-0.05, 0) is 30.0 Å². The van der Waals surface area contributed by atoms with Crippen LogP contribution in [0.3, 0.4) is 0 Å². The third kappa shape index (κ3) is 1.87. The Kier molecular flexibility index (Phi) is 3.16. The molecule has 0 atom stereocenters. The zero-order valence-electron chi connectivity index (χ0n) is 12.4. The molecule has 1 aromatic carbocycles. The third-order valence-electron chi connectivity index (χ3n) is 3.90. The highest BCUT2D eigenvalue weighted by molar-refractivity contribution is 5.72. The van der Waals surface area contributed by atoms with E-state index in [-0.39, 0.29) is 0 Å². The van der Waals surface area contributed by atoms with Gasteiger partial charge in [-0.15, -0.1) is 0 Å². The summed E-state index contributed by atoms with van der Waals surface area (Å²) in [6.07, 6.45) is 2.95. The van der Waals surface area contributed by atoms with Crippen molar-refractivity contribution < 1.29 is 9.47 Å². The topological polar surface area (TPSA) is 36.3 Å². The van der Waals surface area contributed by atoms with Crippen LogP contribution in [0.5, 0.6) is 11.5 Å². The number of hydrogen-bond acceptors (Lipinski definition) is 3. The molecule has 0 N–H and O–H groups in total. The minimum atomic E-state index is 0.408. The van der Waals surface area contributed by atoms with Crippen molar-refractivity contribution in [3.8, 4) is 22.8 Å². The quantitative estimate of drug-likeness (QED) is 0.860. The van der Waals surface area contributed by atoms with Crippen molar-refractivity contribution in [3.05, 3.63) is 29.7 Å². The Morgan fingerprint density at radius 2 is 1.85 bits per heavy atom. The van der Waals surface area contributed by atoms with Crippen molar-refractivity contribution in [1.82, 2.24) is 9.55 Å². The average molecular weight is 272 g/mol. The van der Waals surface area contributed by atoms with Crippen LogP contribution in [0.1, 0.15) is 31.0 Å². The Bertz CT molecular complexity index is 644. The number of rotatable bonds is 3. The molecule has 0 amide bonds. The van der Waals surface area contributed by atoms with Crippen LogP contribution in [0, 0.1) is 0 Å². The lowest BCUT2D eigenvalue weighted by Crippen LogP contribution is -2.11. The predicted octanol–water partition coefficient (Wildman–Crippen LogP) is 3.25. The summed E-state index contributed by atoms with van der Waals surface area (Å²) in [5, 5.41) is 0. The second kappa shape index (κ2) is 4.85. The molecule has 1 aliphatic rings. The van der Waals surface area contributed by atoms with Crippen LogP contribution in [0.4, 0.5) is 0 Å². The van der Waals surface area contributed by atoms with Gasteiger partial charge >= 0.3 is 0 Å². The molecule has 0 fully saturated rings. The van der Waals surface area contributed by atoms with Gasteiger partial charge in [0.25, 0.3) is 0 Å². The Labute approximate surface area is 119 Å². The van der Waals surface area contributed by atoms with E-state index < -0.39 is 0 Å². The summed E-state index contributed by atoms with van der Waals surface area (Å²) in [4.78, 5) is 4.59. The Balaban J connectivity index is 2.22. The first-order chi connectivity index (χ1) is 9.65. The van der Waals surface area contributed by atoms with Crippen LogP contribution in [-0.4, -0.2) is 23.8 Å². The van der Waals surface area contributed by atoms with Crippen molar-refractivity contribution in [3.63, 3.8) is 0 Å². The van der Waals surface area contributed by atoms with Gasteiger partial charge in [0.1, 0.15) is 0 Å². The molecule has 4 heteroatoms. The van der Waals surface area contributed by atoms with Crippen molar-refractivity contribution in [2.45, 2.75) is 32.7 Å². The molecule has 0 spiro atoms. The molecule has 20 heavy (non-hydrogen) atoms. The summed E-state index contributed by atoms with van der Waals surface area (Å²) in [5.74, 6) is 1.98. The van der Waals surface area contributed by atoms with Crippen LogP contribution in [0.2, 0.25) is 0 Å². The molecule has 1 aromatic heterocycles. The van der Waals surface area contributed by atoms with Gasteiger partial charge in [-0.1, -0.05) is 13.8 Å². The molecule has 4 nitrogen and oxygen atoms in total. The van der Waals surface area contributed by atoms with E-state index in [0.717, 1.165) is 30.2 Å². The number of methoxy groups -OCH3 is 2. The first-order valence-corrected chi connectivity index (χ1v) is 6.96. The van der Waals surface area contributed by atoms with Gasteiger partial charge in [0.05, 0.1) is 31.9 Å². The van der Waals surface area contributed by atoms with E-state index in [1.54, 1.807) is 14.2 Å². The molecule has 2 aromatic rings. The maximum absolute atomic E-state index is 5.44. The van der Waals surface area contributed by atoms with Crippen LogP contribution >= 0.6 is 0 Å². The van der Waals surface area contributed by atoms with Gasteiger partial charge in [-0.3, -0.25) is 0 Å². The van der Waals surface area contributed by atoms with Crippen LogP contribution in [0.25, 0.3) is 11.3 Å². The summed E-state index contributed by atoms with van der Waals surface area (Å²) in [6.45, 7) is 5.33. The lowest BCUT2D eigenvalue weighted by molar-refractivity contribution is 0.354. The summed E-state index contributed by atoms with van der Waals surface area (Å²) in [7, 11) is 3.35. The third-order valence-corrected chi connectivity index (χ3v) is 3.90. The van der Waals surface area contributed by atoms with Gasteiger partial charge in [-0.25, -0.2) is 4.98 Å². The number of ether oxygens (including phenoxy) is 2. The molecular formula is C16H20N2O2. The molecule has 0 bridgehead atoms. The minimum absolute atomic E-state index is 0.408. The van der Waals surface area contributed by atoms with Crippen molar-refractivity contribution in [1.29, 1.82) is 0 Å². The molecule has 0 radical (unpaired) electrons. The summed E-state index contributed by atoms with van der Waals surface area (Å²) in [5.41, 5.74) is 4.90. The smallest absolute Gasteiger partial charge is 0.161 e. The first kappa shape index (κ1) is 13.0. The molecule has 3 rings (SSSR count). The summed E-state index contributed by atoms with van der Waals surface area (Å²) < 4.78 is 13.1. The fourth-order valence-electron chi connectivity index (χ4n) is 2.87. The monoisotopic (exact) mass is 272 g/mol. The number of aromatic nitrogens is 2. The molecule has 0 saturated carbocycles. The summed E-state index contributed by atoms with van der Waals surface area (Å²) >= 11 is 0. The Morgan fingerprint density at radius 3 is 2.50 bits per heavy atom. The lowest BCUT2D eigenvalue weighted by Gasteiger charge is -2.22. The Morgan fingerprint density at radius 1 is 1.15 bits per heavy atom. The fraction of sp³-hybridized carbons (Fsp3) is 0.438. The second-order valence-electron chi connectivity index (χ2n) is 5.44. The maximum atomic E-state index is 5.44. The molecule has 1 aliphatic heterocycles.